The van der Waals surface area contributed by atoms with Gasteiger partial charge in [0, 0.05) is 31.2 Å². The minimum atomic E-state index is 0.0449. The van der Waals surface area contributed by atoms with Gasteiger partial charge in [0.1, 0.15) is 11.5 Å². The first-order valence-corrected chi connectivity index (χ1v) is 8.75. The van der Waals surface area contributed by atoms with Crippen LogP contribution in [-0.2, 0) is 11.3 Å². The Labute approximate surface area is 143 Å². The van der Waals surface area contributed by atoms with Gasteiger partial charge in [-0.15, -0.1) is 0 Å². The molecule has 6 heteroatoms. The van der Waals surface area contributed by atoms with Crippen molar-refractivity contribution < 1.29 is 13.7 Å². The van der Waals surface area contributed by atoms with Crippen molar-refractivity contribution in [2.45, 2.75) is 59.0 Å². The lowest BCUT2D eigenvalue weighted by Gasteiger charge is -2.28. The van der Waals surface area contributed by atoms with Gasteiger partial charge < -0.3 is 19.0 Å². The number of hydrogen-bond donors (Lipinski definition) is 1. The fourth-order valence-corrected chi connectivity index (χ4v) is 3.19. The molecule has 6 nitrogen and oxygen atoms in total. The second-order valence-corrected chi connectivity index (χ2v) is 6.89. The van der Waals surface area contributed by atoms with Gasteiger partial charge in [-0.1, -0.05) is 19.0 Å². The van der Waals surface area contributed by atoms with Gasteiger partial charge in [-0.05, 0) is 38.7 Å². The standard InChI is InChI=1S/C18H27N3O3/c1-11(2)17-20-18(24-21-17)16(14-5-7-22-8-6-14)19-10-15-9-12(3)23-13(15)4/h9,11,14,16,19H,5-8,10H2,1-4H3. The number of aromatic nitrogens is 2. The molecule has 24 heavy (non-hydrogen) atoms. The molecule has 3 heterocycles. The maximum absolute atomic E-state index is 5.62. The van der Waals surface area contributed by atoms with Crippen LogP contribution in [0, 0.1) is 19.8 Å². The van der Waals surface area contributed by atoms with E-state index in [2.05, 4.69) is 35.4 Å². The average Bonchev–Trinajstić information content (AvgIpc) is 3.16. The molecule has 2 aromatic heterocycles. The minimum Gasteiger partial charge on any atom is -0.466 e. The molecule has 132 valence electrons. The number of nitrogens with one attached hydrogen (secondary N) is 1. The van der Waals surface area contributed by atoms with Gasteiger partial charge in [-0.3, -0.25) is 0 Å². The third-order valence-corrected chi connectivity index (χ3v) is 4.63. The highest BCUT2D eigenvalue weighted by molar-refractivity contribution is 5.20. The van der Waals surface area contributed by atoms with Crippen LogP contribution in [0.5, 0.6) is 0 Å². The molecule has 1 aliphatic rings. The number of rotatable bonds is 6. The second-order valence-electron chi connectivity index (χ2n) is 6.89. The highest BCUT2D eigenvalue weighted by Crippen LogP contribution is 2.30. The molecule has 0 bridgehead atoms. The monoisotopic (exact) mass is 333 g/mol. The van der Waals surface area contributed by atoms with Gasteiger partial charge in [0.15, 0.2) is 5.82 Å². The zero-order chi connectivity index (χ0) is 17.1. The summed E-state index contributed by atoms with van der Waals surface area (Å²) in [7, 11) is 0. The Hall–Kier alpha value is -1.66. The molecule has 1 unspecified atom stereocenters. The summed E-state index contributed by atoms with van der Waals surface area (Å²) < 4.78 is 16.7. The smallest absolute Gasteiger partial charge is 0.244 e. The average molecular weight is 333 g/mol. The van der Waals surface area contributed by atoms with Crippen LogP contribution >= 0.6 is 0 Å². The molecular formula is C18H27N3O3. The summed E-state index contributed by atoms with van der Waals surface area (Å²) in [6.45, 7) is 10.4. The fraction of sp³-hybridized carbons (Fsp3) is 0.667. The van der Waals surface area contributed by atoms with Crippen LogP contribution in [0.2, 0.25) is 0 Å². The number of furan rings is 1. The fourth-order valence-electron chi connectivity index (χ4n) is 3.19. The van der Waals surface area contributed by atoms with Crippen LogP contribution in [0.3, 0.4) is 0 Å². The van der Waals surface area contributed by atoms with E-state index >= 15 is 0 Å². The molecule has 1 saturated heterocycles. The minimum absolute atomic E-state index is 0.0449. The molecule has 1 N–H and O–H groups in total. The molecule has 3 rings (SSSR count). The summed E-state index contributed by atoms with van der Waals surface area (Å²) in [5, 5.41) is 7.75. The molecular weight excluding hydrogens is 306 g/mol. The molecule has 0 amide bonds. The predicted molar refractivity (Wildman–Crippen MR) is 89.7 cm³/mol. The summed E-state index contributed by atoms with van der Waals surface area (Å²) in [4.78, 5) is 4.62. The Kier molecular flexibility index (Phi) is 5.36. The van der Waals surface area contributed by atoms with Crippen LogP contribution in [0.25, 0.3) is 0 Å². The summed E-state index contributed by atoms with van der Waals surface area (Å²) in [5.74, 6) is 4.04. The first-order valence-electron chi connectivity index (χ1n) is 8.75. The van der Waals surface area contributed by atoms with Crippen molar-refractivity contribution in [2.75, 3.05) is 13.2 Å². The largest absolute Gasteiger partial charge is 0.466 e. The van der Waals surface area contributed by atoms with Crippen LogP contribution in [0.1, 0.15) is 67.4 Å². The van der Waals surface area contributed by atoms with Crippen LogP contribution in [-0.4, -0.2) is 23.4 Å². The Morgan fingerprint density at radius 2 is 2.00 bits per heavy atom. The van der Waals surface area contributed by atoms with E-state index in [4.69, 9.17) is 13.7 Å². The summed E-state index contributed by atoms with van der Waals surface area (Å²) in [6.07, 6.45) is 2.00. The highest BCUT2D eigenvalue weighted by atomic mass is 16.5. The van der Waals surface area contributed by atoms with Crippen molar-refractivity contribution in [1.82, 2.24) is 15.5 Å². The number of nitrogens with zero attached hydrogens (tertiary/aromatic N) is 2. The lowest BCUT2D eigenvalue weighted by Crippen LogP contribution is -2.32. The summed E-state index contributed by atoms with van der Waals surface area (Å²) >= 11 is 0. The highest BCUT2D eigenvalue weighted by Gasteiger charge is 2.30. The number of hydrogen-bond acceptors (Lipinski definition) is 6. The maximum atomic E-state index is 5.62. The molecule has 1 aliphatic heterocycles. The first kappa shape index (κ1) is 17.2. The van der Waals surface area contributed by atoms with Crippen molar-refractivity contribution in [3.63, 3.8) is 0 Å². The van der Waals surface area contributed by atoms with E-state index in [-0.39, 0.29) is 12.0 Å². The van der Waals surface area contributed by atoms with Crippen molar-refractivity contribution in [2.24, 2.45) is 5.92 Å². The molecule has 0 aromatic carbocycles. The molecule has 1 fully saturated rings. The normalized spacial score (nSPS) is 17.5. The molecule has 0 spiro atoms. The zero-order valence-corrected chi connectivity index (χ0v) is 15.0. The Bertz CT molecular complexity index is 656. The summed E-state index contributed by atoms with van der Waals surface area (Å²) in [6, 6.07) is 2.13. The van der Waals surface area contributed by atoms with Crippen LogP contribution in [0.4, 0.5) is 0 Å². The van der Waals surface area contributed by atoms with E-state index in [0.29, 0.717) is 11.8 Å². The van der Waals surface area contributed by atoms with Crippen molar-refractivity contribution >= 4 is 0 Å². The van der Waals surface area contributed by atoms with Gasteiger partial charge in [0.05, 0.1) is 6.04 Å². The van der Waals surface area contributed by atoms with Gasteiger partial charge in [0.25, 0.3) is 0 Å². The second kappa shape index (κ2) is 7.49. The molecule has 0 radical (unpaired) electrons. The van der Waals surface area contributed by atoms with Crippen molar-refractivity contribution in [1.29, 1.82) is 0 Å². The van der Waals surface area contributed by atoms with E-state index in [1.165, 1.54) is 5.56 Å². The predicted octanol–water partition coefficient (Wildman–Crippen LogP) is 3.66. The summed E-state index contributed by atoms with van der Waals surface area (Å²) in [5.41, 5.74) is 1.17. The topological polar surface area (TPSA) is 73.3 Å². The van der Waals surface area contributed by atoms with E-state index in [1.807, 2.05) is 13.8 Å². The van der Waals surface area contributed by atoms with E-state index < -0.39 is 0 Å². The lowest BCUT2D eigenvalue weighted by atomic mass is 9.91. The molecule has 2 aromatic rings. The maximum Gasteiger partial charge on any atom is 0.244 e. The molecule has 0 saturated carbocycles. The van der Waals surface area contributed by atoms with Gasteiger partial charge in [-0.25, -0.2) is 0 Å². The van der Waals surface area contributed by atoms with Crippen LogP contribution in [0.15, 0.2) is 15.0 Å². The Morgan fingerprint density at radius 1 is 1.25 bits per heavy atom. The molecule has 1 atom stereocenters. The van der Waals surface area contributed by atoms with E-state index in [0.717, 1.165) is 49.9 Å². The van der Waals surface area contributed by atoms with E-state index in [9.17, 15) is 0 Å². The zero-order valence-electron chi connectivity index (χ0n) is 15.0. The van der Waals surface area contributed by atoms with Crippen molar-refractivity contribution in [3.05, 3.63) is 34.9 Å². The van der Waals surface area contributed by atoms with Gasteiger partial charge in [-0.2, -0.15) is 4.98 Å². The first-order chi connectivity index (χ1) is 11.5. The van der Waals surface area contributed by atoms with Gasteiger partial charge in [0.2, 0.25) is 5.89 Å². The van der Waals surface area contributed by atoms with Crippen LogP contribution < -0.4 is 5.32 Å². The lowest BCUT2D eigenvalue weighted by molar-refractivity contribution is 0.0485. The number of aryl methyl sites for hydroxylation is 2. The van der Waals surface area contributed by atoms with Gasteiger partial charge >= 0.3 is 0 Å². The third-order valence-electron chi connectivity index (χ3n) is 4.63. The van der Waals surface area contributed by atoms with E-state index in [1.54, 1.807) is 0 Å². The quantitative estimate of drug-likeness (QED) is 0.869. The third kappa shape index (κ3) is 3.87. The van der Waals surface area contributed by atoms with Crippen molar-refractivity contribution in [3.8, 4) is 0 Å². The SMILES string of the molecule is Cc1cc(CNC(c2nc(C(C)C)no2)C2CCOCC2)c(C)o1. The number of ether oxygens (including phenoxy) is 1. The molecule has 0 aliphatic carbocycles. The Morgan fingerprint density at radius 3 is 2.58 bits per heavy atom. The Balaban J connectivity index is 1.77.